The van der Waals surface area contributed by atoms with E-state index in [1.807, 2.05) is 13.8 Å². The van der Waals surface area contributed by atoms with Crippen LogP contribution in [-0.2, 0) is 31.8 Å². The third-order valence-electron chi connectivity index (χ3n) is 6.76. The van der Waals surface area contributed by atoms with Crippen molar-refractivity contribution >= 4 is 28.2 Å². The zero-order valence-electron chi connectivity index (χ0n) is 18.8. The van der Waals surface area contributed by atoms with E-state index >= 15 is 0 Å². The van der Waals surface area contributed by atoms with E-state index in [2.05, 4.69) is 17.1 Å². The summed E-state index contributed by atoms with van der Waals surface area (Å²) in [5.74, 6) is 0.604. The summed E-state index contributed by atoms with van der Waals surface area (Å²) in [5.41, 5.74) is 1.64. The average Bonchev–Trinajstić information content (AvgIpc) is 3.41. The molecule has 172 valence electrons. The number of carbonyl (C=O) groups excluding carboxylic acids is 2. The smallest absolute Gasteiger partial charge is 0.341 e. The van der Waals surface area contributed by atoms with Gasteiger partial charge in [0, 0.05) is 10.8 Å². The van der Waals surface area contributed by atoms with Crippen LogP contribution in [0.15, 0.2) is 0 Å². The molecule has 2 aliphatic heterocycles. The maximum Gasteiger partial charge on any atom is 0.341 e. The van der Waals surface area contributed by atoms with E-state index in [-0.39, 0.29) is 24.2 Å². The van der Waals surface area contributed by atoms with E-state index in [0.717, 1.165) is 50.8 Å². The lowest BCUT2D eigenvalue weighted by molar-refractivity contribution is -0.123. The SMILES string of the molecule is CCOC(=O)c1c(NC(=O)[C@@H](C)N2CCC(C3OCCO3)CC2)sc2c1CC[C@@H](C)C2. The molecule has 2 fully saturated rings. The number of hydrogen-bond acceptors (Lipinski definition) is 7. The highest BCUT2D eigenvalue weighted by Gasteiger charge is 2.34. The largest absolute Gasteiger partial charge is 0.462 e. The summed E-state index contributed by atoms with van der Waals surface area (Å²) in [6.07, 6.45) is 4.72. The quantitative estimate of drug-likeness (QED) is 0.669. The minimum absolute atomic E-state index is 0.0657. The molecule has 0 aromatic carbocycles. The first-order valence-electron chi connectivity index (χ1n) is 11.6. The molecule has 3 heterocycles. The number of amides is 1. The van der Waals surface area contributed by atoms with Crippen molar-refractivity contribution in [2.75, 3.05) is 38.2 Å². The molecule has 1 aromatic heterocycles. The van der Waals surface area contributed by atoms with E-state index < -0.39 is 0 Å². The van der Waals surface area contributed by atoms with Crippen molar-refractivity contribution in [1.29, 1.82) is 0 Å². The van der Waals surface area contributed by atoms with Gasteiger partial charge in [0.2, 0.25) is 5.91 Å². The van der Waals surface area contributed by atoms with Gasteiger partial charge in [0.05, 0.1) is 31.4 Å². The Balaban J connectivity index is 1.42. The summed E-state index contributed by atoms with van der Waals surface area (Å²) >= 11 is 1.55. The van der Waals surface area contributed by atoms with Crippen molar-refractivity contribution in [1.82, 2.24) is 4.90 Å². The summed E-state index contributed by atoms with van der Waals surface area (Å²) in [5, 5.41) is 3.72. The normalized spacial score (nSPS) is 24.0. The lowest BCUT2D eigenvalue weighted by Gasteiger charge is -2.36. The van der Waals surface area contributed by atoms with Crippen molar-refractivity contribution in [3.05, 3.63) is 16.0 Å². The van der Waals surface area contributed by atoms with Crippen LogP contribution in [0.2, 0.25) is 0 Å². The van der Waals surface area contributed by atoms with Crippen LogP contribution in [-0.4, -0.2) is 62.0 Å². The first kappa shape index (κ1) is 22.7. The Kier molecular flexibility index (Phi) is 7.31. The van der Waals surface area contributed by atoms with Gasteiger partial charge in [-0.2, -0.15) is 0 Å². The molecule has 4 rings (SSSR count). The van der Waals surface area contributed by atoms with Gasteiger partial charge >= 0.3 is 5.97 Å². The first-order chi connectivity index (χ1) is 15.0. The second-order valence-corrected chi connectivity index (χ2v) is 10.0. The van der Waals surface area contributed by atoms with Crippen molar-refractivity contribution in [3.8, 4) is 0 Å². The Morgan fingerprint density at radius 1 is 1.23 bits per heavy atom. The number of nitrogens with one attached hydrogen (secondary N) is 1. The van der Waals surface area contributed by atoms with Crippen LogP contribution in [0, 0.1) is 11.8 Å². The minimum Gasteiger partial charge on any atom is -0.462 e. The van der Waals surface area contributed by atoms with Gasteiger partial charge in [0.1, 0.15) is 5.00 Å². The predicted molar refractivity (Wildman–Crippen MR) is 120 cm³/mol. The highest BCUT2D eigenvalue weighted by atomic mass is 32.1. The summed E-state index contributed by atoms with van der Waals surface area (Å²) in [6.45, 7) is 9.34. The second kappa shape index (κ2) is 9.98. The van der Waals surface area contributed by atoms with Crippen LogP contribution in [0.25, 0.3) is 0 Å². The fourth-order valence-corrected chi connectivity index (χ4v) is 6.27. The maximum absolute atomic E-state index is 13.1. The molecule has 2 saturated heterocycles. The molecule has 8 heteroatoms. The molecule has 2 atom stereocenters. The summed E-state index contributed by atoms with van der Waals surface area (Å²) in [6, 6.07) is -0.264. The lowest BCUT2D eigenvalue weighted by Crippen LogP contribution is -2.47. The number of carbonyl (C=O) groups is 2. The number of hydrogen-bond donors (Lipinski definition) is 1. The van der Waals surface area contributed by atoms with E-state index in [9.17, 15) is 9.59 Å². The molecule has 0 bridgehead atoms. The monoisotopic (exact) mass is 450 g/mol. The van der Waals surface area contributed by atoms with Crippen molar-refractivity contribution in [3.63, 3.8) is 0 Å². The molecule has 31 heavy (non-hydrogen) atoms. The number of nitrogens with zero attached hydrogens (tertiary/aromatic N) is 1. The number of rotatable bonds is 6. The van der Waals surface area contributed by atoms with Crippen LogP contribution in [0.4, 0.5) is 5.00 Å². The van der Waals surface area contributed by atoms with Gasteiger partial charge in [-0.1, -0.05) is 6.92 Å². The molecule has 3 aliphatic rings. The lowest BCUT2D eigenvalue weighted by atomic mass is 9.88. The highest BCUT2D eigenvalue weighted by molar-refractivity contribution is 7.17. The summed E-state index contributed by atoms with van der Waals surface area (Å²) < 4.78 is 16.6. The molecular weight excluding hydrogens is 416 g/mol. The molecule has 0 spiro atoms. The topological polar surface area (TPSA) is 77.1 Å². The summed E-state index contributed by atoms with van der Waals surface area (Å²) in [4.78, 5) is 29.2. The summed E-state index contributed by atoms with van der Waals surface area (Å²) in [7, 11) is 0. The number of fused-ring (bicyclic) bond motifs is 1. The van der Waals surface area contributed by atoms with Crippen LogP contribution >= 0.6 is 11.3 Å². The maximum atomic E-state index is 13.1. The fraction of sp³-hybridized carbons (Fsp3) is 0.739. The third kappa shape index (κ3) is 4.97. The number of thiophene rings is 1. The van der Waals surface area contributed by atoms with E-state index in [4.69, 9.17) is 14.2 Å². The van der Waals surface area contributed by atoms with Gasteiger partial charge in [0.25, 0.3) is 0 Å². The van der Waals surface area contributed by atoms with Gasteiger partial charge in [-0.15, -0.1) is 11.3 Å². The van der Waals surface area contributed by atoms with Gasteiger partial charge in [-0.05, 0) is 70.5 Å². The van der Waals surface area contributed by atoms with E-state index in [1.165, 1.54) is 4.88 Å². The number of piperidine rings is 1. The Morgan fingerprint density at radius 2 is 1.94 bits per heavy atom. The zero-order chi connectivity index (χ0) is 22.0. The Labute approximate surface area is 188 Å². The number of ether oxygens (including phenoxy) is 3. The van der Waals surface area contributed by atoms with Crippen LogP contribution in [0.1, 0.15) is 60.8 Å². The number of anilines is 1. The molecule has 0 radical (unpaired) electrons. The minimum atomic E-state index is -0.324. The second-order valence-electron chi connectivity index (χ2n) is 8.92. The van der Waals surface area contributed by atoms with Gasteiger partial charge in [-0.3, -0.25) is 9.69 Å². The van der Waals surface area contributed by atoms with Crippen LogP contribution in [0.5, 0.6) is 0 Å². The Hall–Kier alpha value is -1.48. The highest BCUT2D eigenvalue weighted by Crippen LogP contribution is 2.40. The van der Waals surface area contributed by atoms with Gasteiger partial charge < -0.3 is 19.5 Å². The van der Waals surface area contributed by atoms with Crippen molar-refractivity contribution in [2.45, 2.75) is 65.2 Å². The Morgan fingerprint density at radius 3 is 2.61 bits per heavy atom. The van der Waals surface area contributed by atoms with Crippen LogP contribution < -0.4 is 5.32 Å². The molecule has 0 saturated carbocycles. The van der Waals surface area contributed by atoms with Crippen LogP contribution in [0.3, 0.4) is 0 Å². The Bertz CT molecular complexity index is 796. The first-order valence-corrected chi connectivity index (χ1v) is 12.4. The molecule has 1 N–H and O–H groups in total. The van der Waals surface area contributed by atoms with E-state index in [0.29, 0.717) is 42.2 Å². The van der Waals surface area contributed by atoms with Crippen molar-refractivity contribution < 1.29 is 23.8 Å². The van der Waals surface area contributed by atoms with E-state index in [1.54, 1.807) is 11.3 Å². The zero-order valence-corrected chi connectivity index (χ0v) is 19.6. The molecular formula is C23H34N2O5S. The molecule has 7 nitrogen and oxygen atoms in total. The average molecular weight is 451 g/mol. The fourth-order valence-electron chi connectivity index (χ4n) is 4.87. The molecule has 0 unspecified atom stereocenters. The molecule has 1 aliphatic carbocycles. The van der Waals surface area contributed by atoms with Crippen molar-refractivity contribution in [2.24, 2.45) is 11.8 Å². The number of esters is 1. The molecule has 1 aromatic rings. The standard InChI is InChI=1S/C23H34N2O5S/c1-4-28-22(27)19-17-6-5-14(2)13-18(17)31-21(19)24-20(26)15(3)25-9-7-16(8-10-25)23-29-11-12-30-23/h14-16,23H,4-13H2,1-3H3,(H,24,26)/t14-,15-/m1/s1. The number of likely N-dealkylation sites (tertiary alicyclic amines) is 1. The third-order valence-corrected chi connectivity index (χ3v) is 7.93. The van der Waals surface area contributed by atoms with Gasteiger partial charge in [-0.25, -0.2) is 4.79 Å². The van der Waals surface area contributed by atoms with Gasteiger partial charge in [0.15, 0.2) is 6.29 Å². The predicted octanol–water partition coefficient (Wildman–Crippen LogP) is 3.46. The molecule has 1 amide bonds.